The van der Waals surface area contributed by atoms with Gasteiger partial charge in [0.05, 0.1) is 12.0 Å². The van der Waals surface area contributed by atoms with Crippen LogP contribution in [0.25, 0.3) is 10.7 Å². The highest BCUT2D eigenvalue weighted by molar-refractivity contribution is 8.00. The zero-order valence-electron chi connectivity index (χ0n) is 13.4. The number of ether oxygens (including phenoxy) is 1. The molecule has 5 nitrogen and oxygen atoms in total. The summed E-state index contributed by atoms with van der Waals surface area (Å²) >= 11 is 2.98. The lowest BCUT2D eigenvalue weighted by atomic mass is 10.1. The first kappa shape index (κ1) is 16.7. The Morgan fingerprint density at radius 1 is 1.25 bits per heavy atom. The van der Waals surface area contributed by atoms with E-state index in [2.05, 4.69) is 10.2 Å². The van der Waals surface area contributed by atoms with Crippen molar-refractivity contribution in [3.8, 4) is 10.7 Å². The SMILES string of the molecule is CCn1c(S[C@@H](C(=O)OC)c2ccccc2)nnc1-c1cccs1. The van der Waals surface area contributed by atoms with Gasteiger partial charge in [-0.05, 0) is 23.9 Å². The molecule has 0 fully saturated rings. The van der Waals surface area contributed by atoms with Crippen molar-refractivity contribution >= 4 is 29.1 Å². The Bertz CT molecular complexity index is 801. The molecule has 3 aromatic rings. The molecule has 0 amide bonds. The quantitative estimate of drug-likeness (QED) is 0.491. The second kappa shape index (κ2) is 7.63. The molecule has 24 heavy (non-hydrogen) atoms. The lowest BCUT2D eigenvalue weighted by molar-refractivity contribution is -0.140. The maximum atomic E-state index is 12.3. The molecule has 3 rings (SSSR count). The number of esters is 1. The van der Waals surface area contributed by atoms with Crippen LogP contribution in [0.4, 0.5) is 0 Å². The van der Waals surface area contributed by atoms with Gasteiger partial charge in [0.2, 0.25) is 0 Å². The van der Waals surface area contributed by atoms with E-state index < -0.39 is 5.25 Å². The van der Waals surface area contributed by atoms with Crippen LogP contribution in [-0.4, -0.2) is 27.8 Å². The van der Waals surface area contributed by atoms with Crippen molar-refractivity contribution in [1.29, 1.82) is 0 Å². The molecule has 2 heterocycles. The number of aromatic nitrogens is 3. The summed E-state index contributed by atoms with van der Waals surface area (Å²) < 4.78 is 7.00. The number of benzene rings is 1. The summed E-state index contributed by atoms with van der Waals surface area (Å²) in [7, 11) is 1.40. The number of carbonyl (C=O) groups excluding carboxylic acids is 1. The fourth-order valence-corrected chi connectivity index (χ4v) is 4.19. The van der Waals surface area contributed by atoms with Gasteiger partial charge in [0, 0.05) is 6.54 Å². The maximum absolute atomic E-state index is 12.3. The van der Waals surface area contributed by atoms with Crippen molar-refractivity contribution in [2.75, 3.05) is 7.11 Å². The first-order valence-electron chi connectivity index (χ1n) is 7.51. The molecule has 0 bridgehead atoms. The second-order valence-electron chi connectivity index (χ2n) is 4.96. The van der Waals surface area contributed by atoms with Crippen molar-refractivity contribution in [1.82, 2.24) is 14.8 Å². The van der Waals surface area contributed by atoms with Crippen LogP contribution >= 0.6 is 23.1 Å². The minimum atomic E-state index is -0.470. The smallest absolute Gasteiger partial charge is 0.323 e. The van der Waals surface area contributed by atoms with Crippen LogP contribution in [0, 0.1) is 0 Å². The molecule has 0 N–H and O–H groups in total. The third kappa shape index (κ3) is 3.37. The lowest BCUT2D eigenvalue weighted by Gasteiger charge is -2.14. The molecular formula is C17H17N3O2S2. The van der Waals surface area contributed by atoms with Gasteiger partial charge in [-0.1, -0.05) is 48.2 Å². The maximum Gasteiger partial charge on any atom is 0.323 e. The van der Waals surface area contributed by atoms with Crippen LogP contribution < -0.4 is 0 Å². The van der Waals surface area contributed by atoms with E-state index in [-0.39, 0.29) is 5.97 Å². The third-order valence-corrected chi connectivity index (χ3v) is 5.59. The Morgan fingerprint density at radius 2 is 2.04 bits per heavy atom. The van der Waals surface area contributed by atoms with E-state index in [0.717, 1.165) is 22.8 Å². The van der Waals surface area contributed by atoms with E-state index in [1.165, 1.54) is 18.9 Å². The number of carbonyl (C=O) groups is 1. The Balaban J connectivity index is 1.95. The number of nitrogens with zero attached hydrogens (tertiary/aromatic N) is 3. The highest BCUT2D eigenvalue weighted by Crippen LogP contribution is 2.37. The van der Waals surface area contributed by atoms with Gasteiger partial charge in [-0.15, -0.1) is 21.5 Å². The average molecular weight is 359 g/mol. The van der Waals surface area contributed by atoms with Crippen LogP contribution in [-0.2, 0) is 16.1 Å². The molecule has 0 radical (unpaired) electrons. The summed E-state index contributed by atoms with van der Waals surface area (Å²) in [6, 6.07) is 13.6. The Labute approximate surface area is 148 Å². The summed E-state index contributed by atoms with van der Waals surface area (Å²) in [4.78, 5) is 13.3. The summed E-state index contributed by atoms with van der Waals surface area (Å²) in [5.74, 6) is 0.529. The van der Waals surface area contributed by atoms with Gasteiger partial charge in [-0.2, -0.15) is 0 Å². The largest absolute Gasteiger partial charge is 0.468 e. The normalized spacial score (nSPS) is 12.1. The molecule has 7 heteroatoms. The van der Waals surface area contributed by atoms with Crippen LogP contribution in [0.1, 0.15) is 17.7 Å². The van der Waals surface area contributed by atoms with Crippen molar-refractivity contribution in [3.05, 3.63) is 53.4 Å². The zero-order valence-corrected chi connectivity index (χ0v) is 15.0. The molecule has 0 aliphatic heterocycles. The van der Waals surface area contributed by atoms with Crippen LogP contribution in [0.3, 0.4) is 0 Å². The fourth-order valence-electron chi connectivity index (χ4n) is 2.34. The summed E-state index contributed by atoms with van der Waals surface area (Å²) in [6.07, 6.45) is 0. The van der Waals surface area contributed by atoms with E-state index in [9.17, 15) is 4.79 Å². The van der Waals surface area contributed by atoms with Gasteiger partial charge in [0.15, 0.2) is 11.0 Å². The molecule has 2 aromatic heterocycles. The van der Waals surface area contributed by atoms with Gasteiger partial charge in [0.1, 0.15) is 5.25 Å². The average Bonchev–Trinajstić information content (AvgIpc) is 3.28. The number of thiophene rings is 1. The molecule has 0 aliphatic carbocycles. The first-order valence-corrected chi connectivity index (χ1v) is 9.27. The lowest BCUT2D eigenvalue weighted by Crippen LogP contribution is -2.12. The van der Waals surface area contributed by atoms with Gasteiger partial charge >= 0.3 is 5.97 Å². The van der Waals surface area contributed by atoms with Crippen molar-refractivity contribution in [2.24, 2.45) is 0 Å². The Kier molecular flexibility index (Phi) is 5.32. The summed E-state index contributed by atoms with van der Waals surface area (Å²) in [5.41, 5.74) is 0.887. The van der Waals surface area contributed by atoms with Gasteiger partial charge in [0.25, 0.3) is 0 Å². The Morgan fingerprint density at radius 3 is 2.67 bits per heavy atom. The van der Waals surface area contributed by atoms with E-state index in [1.54, 1.807) is 11.3 Å². The fraction of sp³-hybridized carbons (Fsp3) is 0.235. The molecule has 1 atom stereocenters. The molecule has 0 saturated heterocycles. The number of hydrogen-bond acceptors (Lipinski definition) is 6. The molecule has 0 unspecified atom stereocenters. The summed E-state index contributed by atoms with van der Waals surface area (Å²) in [6.45, 7) is 2.77. The van der Waals surface area contributed by atoms with Gasteiger partial charge in [-0.3, -0.25) is 4.79 Å². The molecular weight excluding hydrogens is 342 g/mol. The van der Waals surface area contributed by atoms with E-state index in [0.29, 0.717) is 5.16 Å². The predicted octanol–water partition coefficient (Wildman–Crippen LogP) is 4.03. The topological polar surface area (TPSA) is 57.0 Å². The molecule has 1 aromatic carbocycles. The van der Waals surface area contributed by atoms with Crippen LogP contribution in [0.15, 0.2) is 53.0 Å². The van der Waals surface area contributed by atoms with Crippen LogP contribution in [0.5, 0.6) is 0 Å². The van der Waals surface area contributed by atoms with Crippen molar-refractivity contribution in [3.63, 3.8) is 0 Å². The molecule has 124 valence electrons. The minimum Gasteiger partial charge on any atom is -0.468 e. The monoisotopic (exact) mass is 359 g/mol. The van der Waals surface area contributed by atoms with E-state index in [1.807, 2.05) is 59.3 Å². The van der Waals surface area contributed by atoms with Crippen molar-refractivity contribution < 1.29 is 9.53 Å². The number of thioether (sulfide) groups is 1. The highest BCUT2D eigenvalue weighted by atomic mass is 32.2. The van der Waals surface area contributed by atoms with Gasteiger partial charge < -0.3 is 9.30 Å². The minimum absolute atomic E-state index is 0.297. The molecule has 0 spiro atoms. The van der Waals surface area contributed by atoms with Crippen LogP contribution in [0.2, 0.25) is 0 Å². The number of hydrogen-bond donors (Lipinski definition) is 0. The number of rotatable bonds is 6. The summed E-state index contributed by atoms with van der Waals surface area (Å²) in [5, 5.41) is 10.9. The van der Waals surface area contributed by atoms with E-state index in [4.69, 9.17) is 4.74 Å². The van der Waals surface area contributed by atoms with Crippen molar-refractivity contribution in [2.45, 2.75) is 23.9 Å². The van der Waals surface area contributed by atoms with E-state index >= 15 is 0 Å². The zero-order chi connectivity index (χ0) is 16.9. The Hall–Kier alpha value is -2.12. The molecule has 0 aliphatic rings. The molecule has 0 saturated carbocycles. The standard InChI is InChI=1S/C17H17N3O2S2/c1-3-20-15(13-10-7-11-23-13)18-19-17(20)24-14(16(21)22-2)12-8-5-4-6-9-12/h4-11,14H,3H2,1-2H3/t14-/m1/s1. The third-order valence-electron chi connectivity index (χ3n) is 3.52. The number of methoxy groups -OCH3 is 1. The first-order chi connectivity index (χ1) is 11.7. The van der Waals surface area contributed by atoms with Gasteiger partial charge in [-0.25, -0.2) is 0 Å². The second-order valence-corrected chi connectivity index (χ2v) is 6.98. The highest BCUT2D eigenvalue weighted by Gasteiger charge is 2.26. The predicted molar refractivity (Wildman–Crippen MR) is 96.1 cm³/mol.